The van der Waals surface area contributed by atoms with E-state index in [-0.39, 0.29) is 0 Å². The van der Waals surface area contributed by atoms with Crippen molar-refractivity contribution in [3.63, 3.8) is 0 Å². The molecule has 1 heteroatoms. The number of aromatic nitrogens is 1. The summed E-state index contributed by atoms with van der Waals surface area (Å²) >= 11 is 0. The normalized spacial score (nSPS) is 9.64. The Morgan fingerprint density at radius 1 is 1.55 bits per heavy atom. The predicted octanol–water partition coefficient (Wildman–Crippen LogP) is 2.60. The van der Waals surface area contributed by atoms with Gasteiger partial charge in [0.25, 0.3) is 0 Å². The molecule has 0 atom stereocenters. The van der Waals surface area contributed by atoms with E-state index in [2.05, 4.69) is 24.6 Å². The Hall–Kier alpha value is -1.11. The number of nitrogens with zero attached hydrogens (tertiary/aromatic N) is 1. The van der Waals surface area contributed by atoms with Crippen LogP contribution in [0.15, 0.2) is 18.7 Å². The number of pyridine rings is 1. The summed E-state index contributed by atoms with van der Waals surface area (Å²) in [5, 5.41) is 0. The molecule has 1 heterocycles. The van der Waals surface area contributed by atoms with Crippen LogP contribution < -0.4 is 0 Å². The molecule has 0 fully saturated rings. The zero-order valence-corrected chi connectivity index (χ0v) is 7.09. The summed E-state index contributed by atoms with van der Waals surface area (Å²) in [6.45, 7) is 7.84. The molecule has 1 rings (SSSR count). The summed E-state index contributed by atoms with van der Waals surface area (Å²) in [5.74, 6) is 0. The van der Waals surface area contributed by atoms with Gasteiger partial charge in [-0.1, -0.05) is 19.6 Å². The maximum atomic E-state index is 4.34. The maximum absolute atomic E-state index is 4.34. The minimum absolute atomic E-state index is 1.02. The maximum Gasteiger partial charge on any atom is 0.0658 e. The van der Waals surface area contributed by atoms with Crippen LogP contribution in [0.3, 0.4) is 0 Å². The Balaban J connectivity index is 3.16. The molecular formula is C10H13N. The first-order valence-corrected chi connectivity index (χ1v) is 3.87. The van der Waals surface area contributed by atoms with Gasteiger partial charge in [0.1, 0.15) is 0 Å². The highest BCUT2D eigenvalue weighted by Gasteiger charge is 1.96. The van der Waals surface area contributed by atoms with Gasteiger partial charge in [-0.2, -0.15) is 0 Å². The van der Waals surface area contributed by atoms with Crippen LogP contribution in [-0.4, -0.2) is 4.98 Å². The van der Waals surface area contributed by atoms with Crippen LogP contribution >= 0.6 is 0 Å². The lowest BCUT2D eigenvalue weighted by Gasteiger charge is -2.01. The molecule has 0 saturated heterocycles. The van der Waals surface area contributed by atoms with E-state index < -0.39 is 0 Å². The van der Waals surface area contributed by atoms with Gasteiger partial charge < -0.3 is 0 Å². The van der Waals surface area contributed by atoms with Crippen molar-refractivity contribution in [3.05, 3.63) is 35.7 Å². The zero-order chi connectivity index (χ0) is 8.27. The highest BCUT2D eigenvalue weighted by atomic mass is 14.7. The topological polar surface area (TPSA) is 12.9 Å². The number of rotatable bonds is 2. The summed E-state index contributed by atoms with van der Waals surface area (Å²) in [7, 11) is 0. The third-order valence-electron chi connectivity index (χ3n) is 1.73. The minimum Gasteiger partial charge on any atom is -0.254 e. The van der Waals surface area contributed by atoms with E-state index in [1.165, 1.54) is 5.56 Å². The molecule has 0 unspecified atom stereocenters. The second-order valence-corrected chi connectivity index (χ2v) is 2.55. The molecule has 1 nitrogen and oxygen atoms in total. The number of hydrogen-bond acceptors (Lipinski definition) is 1. The molecule has 58 valence electrons. The Morgan fingerprint density at radius 2 is 2.27 bits per heavy atom. The van der Waals surface area contributed by atoms with Crippen LogP contribution in [0.5, 0.6) is 0 Å². The average Bonchev–Trinajstić information content (AvgIpc) is 2.04. The van der Waals surface area contributed by atoms with E-state index >= 15 is 0 Å². The fourth-order valence-electron chi connectivity index (χ4n) is 1.08. The van der Waals surface area contributed by atoms with Gasteiger partial charge in [-0.05, 0) is 31.1 Å². The lowest BCUT2D eigenvalue weighted by Crippen LogP contribution is -1.91. The van der Waals surface area contributed by atoms with Crippen molar-refractivity contribution >= 4 is 6.08 Å². The first-order valence-electron chi connectivity index (χ1n) is 3.87. The monoisotopic (exact) mass is 147 g/mol. The van der Waals surface area contributed by atoms with Crippen LogP contribution in [0.4, 0.5) is 0 Å². The van der Waals surface area contributed by atoms with E-state index in [0.717, 1.165) is 17.8 Å². The lowest BCUT2D eigenvalue weighted by molar-refractivity contribution is 1.06. The third-order valence-corrected chi connectivity index (χ3v) is 1.73. The van der Waals surface area contributed by atoms with Gasteiger partial charge in [0.2, 0.25) is 0 Å². The number of aryl methyl sites for hydroxylation is 2. The van der Waals surface area contributed by atoms with Gasteiger partial charge in [-0.25, -0.2) is 0 Å². The lowest BCUT2D eigenvalue weighted by atomic mass is 10.1. The highest BCUT2D eigenvalue weighted by Crippen LogP contribution is 2.08. The zero-order valence-electron chi connectivity index (χ0n) is 7.09. The summed E-state index contributed by atoms with van der Waals surface area (Å²) in [6.07, 6.45) is 2.83. The van der Waals surface area contributed by atoms with E-state index in [9.17, 15) is 0 Å². The van der Waals surface area contributed by atoms with Gasteiger partial charge in [0.05, 0.1) is 5.69 Å². The summed E-state index contributed by atoms with van der Waals surface area (Å²) in [4.78, 5) is 4.34. The predicted molar refractivity (Wildman–Crippen MR) is 48.4 cm³/mol. The largest absolute Gasteiger partial charge is 0.254 e. The highest BCUT2D eigenvalue weighted by molar-refractivity contribution is 5.47. The molecule has 0 aliphatic rings. The third kappa shape index (κ3) is 1.67. The van der Waals surface area contributed by atoms with Crippen LogP contribution in [0.25, 0.3) is 6.08 Å². The van der Waals surface area contributed by atoms with Gasteiger partial charge >= 0.3 is 0 Å². The molecule has 0 aromatic carbocycles. The Morgan fingerprint density at radius 3 is 2.82 bits per heavy atom. The van der Waals surface area contributed by atoms with Crippen molar-refractivity contribution < 1.29 is 0 Å². The molecule has 0 saturated carbocycles. The average molecular weight is 147 g/mol. The molecule has 0 radical (unpaired) electrons. The number of hydrogen-bond donors (Lipinski definition) is 0. The van der Waals surface area contributed by atoms with Crippen LogP contribution in [0.2, 0.25) is 0 Å². The summed E-state index contributed by atoms with van der Waals surface area (Å²) < 4.78 is 0. The standard InChI is InChI=1S/C10H13N/c1-4-9-7-6-8(3)11-10(9)5-2/h5-7H,2,4H2,1,3H3. The van der Waals surface area contributed by atoms with Crippen molar-refractivity contribution in [1.82, 2.24) is 4.98 Å². The second kappa shape index (κ2) is 3.33. The molecule has 0 bridgehead atoms. The first kappa shape index (κ1) is 7.99. The summed E-state index contributed by atoms with van der Waals surface area (Å²) in [5.41, 5.74) is 3.34. The Kier molecular flexibility index (Phi) is 2.42. The first-order chi connectivity index (χ1) is 5.27. The molecular weight excluding hydrogens is 134 g/mol. The minimum atomic E-state index is 1.02. The van der Waals surface area contributed by atoms with Crippen molar-refractivity contribution in [2.75, 3.05) is 0 Å². The van der Waals surface area contributed by atoms with Gasteiger partial charge in [0, 0.05) is 5.69 Å². The van der Waals surface area contributed by atoms with Crippen LogP contribution in [0, 0.1) is 6.92 Å². The molecule has 1 aromatic heterocycles. The molecule has 1 aromatic rings. The van der Waals surface area contributed by atoms with E-state index in [0.29, 0.717) is 0 Å². The Bertz CT molecular complexity index is 264. The smallest absolute Gasteiger partial charge is 0.0658 e. The molecule has 0 amide bonds. The molecule has 0 spiro atoms. The van der Waals surface area contributed by atoms with Crippen molar-refractivity contribution in [2.45, 2.75) is 20.3 Å². The quantitative estimate of drug-likeness (QED) is 0.626. The molecule has 0 aliphatic carbocycles. The van der Waals surface area contributed by atoms with Crippen LogP contribution in [0.1, 0.15) is 23.9 Å². The van der Waals surface area contributed by atoms with Crippen molar-refractivity contribution in [1.29, 1.82) is 0 Å². The Labute approximate surface area is 67.8 Å². The van der Waals surface area contributed by atoms with E-state index in [4.69, 9.17) is 0 Å². The molecule has 0 N–H and O–H groups in total. The van der Waals surface area contributed by atoms with Crippen molar-refractivity contribution in [2.24, 2.45) is 0 Å². The van der Waals surface area contributed by atoms with Gasteiger partial charge in [-0.3, -0.25) is 4.98 Å². The van der Waals surface area contributed by atoms with Gasteiger partial charge in [0.15, 0.2) is 0 Å². The second-order valence-electron chi connectivity index (χ2n) is 2.55. The van der Waals surface area contributed by atoms with E-state index in [1.807, 2.05) is 19.1 Å². The molecule has 0 aliphatic heterocycles. The van der Waals surface area contributed by atoms with Crippen molar-refractivity contribution in [3.8, 4) is 0 Å². The summed E-state index contributed by atoms with van der Waals surface area (Å²) in [6, 6.07) is 4.14. The molecule has 11 heavy (non-hydrogen) atoms. The van der Waals surface area contributed by atoms with Gasteiger partial charge in [-0.15, -0.1) is 0 Å². The van der Waals surface area contributed by atoms with Crippen LogP contribution in [-0.2, 0) is 6.42 Å². The van der Waals surface area contributed by atoms with E-state index in [1.54, 1.807) is 0 Å². The SMILES string of the molecule is C=Cc1nc(C)ccc1CC. The fourth-order valence-corrected chi connectivity index (χ4v) is 1.08. The fraction of sp³-hybridized carbons (Fsp3) is 0.300.